The monoisotopic (exact) mass is 325 g/mol. The van der Waals surface area contributed by atoms with E-state index in [-0.39, 0.29) is 13.0 Å². The first-order valence-corrected chi connectivity index (χ1v) is 7.92. The predicted octanol–water partition coefficient (Wildman–Crippen LogP) is 2.64. The van der Waals surface area contributed by atoms with E-state index in [0.717, 1.165) is 23.2 Å². The van der Waals surface area contributed by atoms with E-state index in [2.05, 4.69) is 0 Å². The number of carboxylic acids is 1. The number of aliphatic carboxylic acids is 1. The number of carboxylic acid groups (broad SMARTS) is 1. The number of fused-ring (bicyclic) bond motifs is 1. The van der Waals surface area contributed by atoms with Gasteiger partial charge in [0, 0.05) is 12.2 Å². The molecule has 1 aliphatic rings. The van der Waals surface area contributed by atoms with Crippen LogP contribution in [-0.2, 0) is 27.4 Å². The highest BCUT2D eigenvalue weighted by Crippen LogP contribution is 2.30. The van der Waals surface area contributed by atoms with Gasteiger partial charge in [0.25, 0.3) is 0 Å². The number of anilines is 1. The number of esters is 1. The molecule has 0 radical (unpaired) electrons. The fourth-order valence-corrected chi connectivity index (χ4v) is 3.00. The molecular formula is C19H19NO4. The molecule has 124 valence electrons. The summed E-state index contributed by atoms with van der Waals surface area (Å²) in [6.45, 7) is 0.767. The van der Waals surface area contributed by atoms with Crippen LogP contribution in [0.5, 0.6) is 0 Å². The van der Waals surface area contributed by atoms with E-state index in [1.54, 1.807) is 0 Å². The van der Waals surface area contributed by atoms with Crippen LogP contribution >= 0.6 is 0 Å². The summed E-state index contributed by atoms with van der Waals surface area (Å²) < 4.78 is 5.37. The second-order valence-electron chi connectivity index (χ2n) is 5.78. The third-order valence-corrected chi connectivity index (χ3v) is 4.16. The van der Waals surface area contributed by atoms with Crippen LogP contribution < -0.4 is 4.90 Å². The Morgan fingerprint density at radius 2 is 1.79 bits per heavy atom. The lowest BCUT2D eigenvalue weighted by Gasteiger charge is -2.27. The molecule has 0 aliphatic carbocycles. The third kappa shape index (κ3) is 3.56. The lowest BCUT2D eigenvalue weighted by molar-refractivity contribution is -0.150. The van der Waals surface area contributed by atoms with E-state index in [9.17, 15) is 14.7 Å². The van der Waals surface area contributed by atoms with Crippen molar-refractivity contribution >= 4 is 17.6 Å². The fraction of sp³-hybridized carbons (Fsp3) is 0.263. The first-order chi connectivity index (χ1) is 11.6. The maximum atomic E-state index is 12.5. The standard InChI is InChI=1S/C19H19NO4/c21-18(22)12-17(19(23)24-13-14-6-2-1-3-7-14)20-11-10-15-8-4-5-9-16(15)20/h1-9,17H,10-13H2,(H,21,22). The summed E-state index contributed by atoms with van der Waals surface area (Å²) in [6.07, 6.45) is 0.528. The Kier molecular flexibility index (Phi) is 4.79. The van der Waals surface area contributed by atoms with Gasteiger partial charge in [0.05, 0.1) is 6.42 Å². The van der Waals surface area contributed by atoms with Gasteiger partial charge in [0.1, 0.15) is 12.6 Å². The molecule has 3 rings (SSSR count). The van der Waals surface area contributed by atoms with Crippen molar-refractivity contribution in [3.8, 4) is 0 Å². The zero-order valence-electron chi connectivity index (χ0n) is 13.2. The first-order valence-electron chi connectivity index (χ1n) is 7.92. The maximum absolute atomic E-state index is 12.5. The number of hydrogen-bond acceptors (Lipinski definition) is 4. The lowest BCUT2D eigenvalue weighted by atomic mass is 10.1. The van der Waals surface area contributed by atoms with Gasteiger partial charge in [-0.2, -0.15) is 0 Å². The largest absolute Gasteiger partial charge is 0.481 e. The van der Waals surface area contributed by atoms with Crippen LogP contribution in [-0.4, -0.2) is 29.6 Å². The quantitative estimate of drug-likeness (QED) is 0.827. The van der Waals surface area contributed by atoms with Crippen molar-refractivity contribution in [2.75, 3.05) is 11.4 Å². The topological polar surface area (TPSA) is 66.8 Å². The van der Waals surface area contributed by atoms with Gasteiger partial charge >= 0.3 is 11.9 Å². The van der Waals surface area contributed by atoms with Crippen molar-refractivity contribution in [2.24, 2.45) is 0 Å². The molecule has 1 unspecified atom stereocenters. The Morgan fingerprint density at radius 1 is 1.08 bits per heavy atom. The molecular weight excluding hydrogens is 306 g/mol. The maximum Gasteiger partial charge on any atom is 0.329 e. The van der Waals surface area contributed by atoms with Gasteiger partial charge in [0.2, 0.25) is 0 Å². The lowest BCUT2D eigenvalue weighted by Crippen LogP contribution is -2.42. The molecule has 0 saturated heterocycles. The molecule has 1 atom stereocenters. The molecule has 1 heterocycles. The molecule has 0 amide bonds. The summed E-state index contributed by atoms with van der Waals surface area (Å²) in [6, 6.07) is 16.3. The third-order valence-electron chi connectivity index (χ3n) is 4.16. The van der Waals surface area contributed by atoms with Crippen molar-refractivity contribution in [1.82, 2.24) is 0 Å². The van der Waals surface area contributed by atoms with Crippen LogP contribution in [0.3, 0.4) is 0 Å². The normalized spacial score (nSPS) is 14.1. The number of para-hydroxylation sites is 1. The number of benzene rings is 2. The van der Waals surface area contributed by atoms with Gasteiger partial charge < -0.3 is 14.7 Å². The van der Waals surface area contributed by atoms with Crippen molar-refractivity contribution < 1.29 is 19.4 Å². The molecule has 5 nitrogen and oxygen atoms in total. The van der Waals surface area contributed by atoms with E-state index in [0.29, 0.717) is 6.54 Å². The summed E-state index contributed by atoms with van der Waals surface area (Å²) >= 11 is 0. The zero-order valence-corrected chi connectivity index (χ0v) is 13.2. The molecule has 0 spiro atoms. The molecule has 0 saturated carbocycles. The zero-order chi connectivity index (χ0) is 16.9. The molecule has 5 heteroatoms. The Morgan fingerprint density at radius 3 is 2.54 bits per heavy atom. The summed E-state index contributed by atoms with van der Waals surface area (Å²) in [5, 5.41) is 9.19. The van der Waals surface area contributed by atoms with Crippen LogP contribution in [0.15, 0.2) is 54.6 Å². The van der Waals surface area contributed by atoms with Crippen LogP contribution in [0.2, 0.25) is 0 Å². The minimum absolute atomic E-state index is 0.144. The van der Waals surface area contributed by atoms with Crippen LogP contribution in [0.25, 0.3) is 0 Å². The minimum Gasteiger partial charge on any atom is -0.481 e. The summed E-state index contributed by atoms with van der Waals surface area (Å²) in [4.78, 5) is 25.6. The Bertz CT molecular complexity index is 729. The van der Waals surface area contributed by atoms with Crippen LogP contribution in [0, 0.1) is 0 Å². The summed E-state index contributed by atoms with van der Waals surface area (Å²) in [7, 11) is 0. The molecule has 24 heavy (non-hydrogen) atoms. The number of nitrogens with zero attached hydrogens (tertiary/aromatic N) is 1. The highest BCUT2D eigenvalue weighted by atomic mass is 16.5. The summed E-state index contributed by atoms with van der Waals surface area (Å²) in [5.41, 5.74) is 2.92. The molecule has 0 aromatic heterocycles. The van der Waals surface area contributed by atoms with E-state index < -0.39 is 18.0 Å². The molecule has 0 bridgehead atoms. The van der Waals surface area contributed by atoms with E-state index >= 15 is 0 Å². The van der Waals surface area contributed by atoms with Gasteiger partial charge in [-0.3, -0.25) is 4.79 Å². The smallest absolute Gasteiger partial charge is 0.329 e. The average molecular weight is 325 g/mol. The van der Waals surface area contributed by atoms with Gasteiger partial charge in [-0.25, -0.2) is 4.79 Å². The number of hydrogen-bond donors (Lipinski definition) is 1. The van der Waals surface area contributed by atoms with Gasteiger partial charge in [-0.05, 0) is 23.6 Å². The second kappa shape index (κ2) is 7.17. The van der Waals surface area contributed by atoms with Gasteiger partial charge in [-0.15, -0.1) is 0 Å². The Balaban J connectivity index is 1.74. The second-order valence-corrected chi connectivity index (χ2v) is 5.78. The van der Waals surface area contributed by atoms with Crippen molar-refractivity contribution in [3.05, 3.63) is 65.7 Å². The fourth-order valence-electron chi connectivity index (χ4n) is 3.00. The number of ether oxygens (including phenoxy) is 1. The molecule has 2 aromatic rings. The molecule has 2 aromatic carbocycles. The molecule has 0 fully saturated rings. The minimum atomic E-state index is -1.01. The van der Waals surface area contributed by atoms with Gasteiger partial charge in [-0.1, -0.05) is 48.5 Å². The Labute approximate surface area is 140 Å². The highest BCUT2D eigenvalue weighted by molar-refractivity contribution is 5.86. The van der Waals surface area contributed by atoms with Crippen molar-refractivity contribution in [3.63, 3.8) is 0 Å². The molecule has 1 aliphatic heterocycles. The summed E-state index contributed by atoms with van der Waals surface area (Å²) in [5.74, 6) is -1.51. The number of rotatable bonds is 6. The predicted molar refractivity (Wildman–Crippen MR) is 89.8 cm³/mol. The Hall–Kier alpha value is -2.82. The first kappa shape index (κ1) is 16.1. The van der Waals surface area contributed by atoms with E-state index in [1.165, 1.54) is 0 Å². The van der Waals surface area contributed by atoms with E-state index in [1.807, 2.05) is 59.5 Å². The highest BCUT2D eigenvalue weighted by Gasteiger charge is 2.33. The van der Waals surface area contributed by atoms with E-state index in [4.69, 9.17) is 4.74 Å². The van der Waals surface area contributed by atoms with Crippen LogP contribution in [0.1, 0.15) is 17.5 Å². The van der Waals surface area contributed by atoms with Crippen molar-refractivity contribution in [1.29, 1.82) is 0 Å². The number of carbonyl (C=O) groups excluding carboxylic acids is 1. The number of carbonyl (C=O) groups is 2. The van der Waals surface area contributed by atoms with Crippen LogP contribution in [0.4, 0.5) is 5.69 Å². The average Bonchev–Trinajstić information content (AvgIpc) is 3.02. The SMILES string of the molecule is O=C(O)CC(C(=O)OCc1ccccc1)N1CCc2ccccc21. The van der Waals surface area contributed by atoms with Crippen molar-refractivity contribution in [2.45, 2.75) is 25.5 Å². The van der Waals surface area contributed by atoms with Gasteiger partial charge in [0.15, 0.2) is 0 Å². The molecule has 1 N–H and O–H groups in total.